The molecular weight excluding hydrogens is 458 g/mol. The molecule has 204 valence electrons. The number of likely N-dealkylation sites (tertiary alicyclic amines) is 1. The Balaban J connectivity index is 2.18. The Kier molecular flexibility index (Phi) is 10.8. The van der Waals surface area contributed by atoms with E-state index in [0.29, 0.717) is 38.1 Å². The monoisotopic (exact) mass is 505 g/mol. The van der Waals surface area contributed by atoms with Crippen LogP contribution in [0.25, 0.3) is 0 Å². The van der Waals surface area contributed by atoms with Crippen molar-refractivity contribution in [1.29, 1.82) is 0 Å². The van der Waals surface area contributed by atoms with Crippen LogP contribution >= 0.6 is 0 Å². The van der Waals surface area contributed by atoms with Crippen molar-refractivity contribution < 1.29 is 19.2 Å². The normalized spacial score (nSPS) is 21.1. The molecule has 3 amide bonds. The molecule has 0 spiro atoms. The lowest BCUT2D eigenvalue weighted by atomic mass is 9.80. The van der Waals surface area contributed by atoms with E-state index in [9.17, 15) is 19.2 Å². The summed E-state index contributed by atoms with van der Waals surface area (Å²) >= 11 is 0. The molecule has 2 aliphatic rings. The molecule has 1 aliphatic carbocycles. The van der Waals surface area contributed by atoms with Crippen LogP contribution in [0.1, 0.15) is 86.5 Å². The first kappa shape index (κ1) is 29.6. The quantitative estimate of drug-likeness (QED) is 0.302. The van der Waals surface area contributed by atoms with E-state index in [-0.39, 0.29) is 17.9 Å². The van der Waals surface area contributed by atoms with Gasteiger partial charge in [0, 0.05) is 19.6 Å². The summed E-state index contributed by atoms with van der Waals surface area (Å²) in [5.74, 6) is -0.702. The number of hydrogen-bond donors (Lipinski definition) is 4. The van der Waals surface area contributed by atoms with Crippen molar-refractivity contribution >= 4 is 23.5 Å². The minimum absolute atomic E-state index is 0.119. The van der Waals surface area contributed by atoms with E-state index >= 15 is 0 Å². The number of carbonyl (C=O) groups is 4. The van der Waals surface area contributed by atoms with Crippen LogP contribution in [0.3, 0.4) is 0 Å². The van der Waals surface area contributed by atoms with Gasteiger partial charge in [0.05, 0.1) is 11.9 Å². The van der Waals surface area contributed by atoms with E-state index in [1.165, 1.54) is 0 Å². The molecule has 4 N–H and O–H groups in total. The number of rotatable bonds is 12. The number of ketones is 1. The second-order valence-electron chi connectivity index (χ2n) is 11.3. The van der Waals surface area contributed by atoms with Gasteiger partial charge in [-0.3, -0.25) is 19.2 Å². The van der Waals surface area contributed by atoms with E-state index in [1.807, 2.05) is 47.6 Å². The summed E-state index contributed by atoms with van der Waals surface area (Å²) in [6.45, 7) is 12.1. The molecule has 0 aromatic carbocycles. The van der Waals surface area contributed by atoms with Gasteiger partial charge in [0.1, 0.15) is 12.1 Å². The summed E-state index contributed by atoms with van der Waals surface area (Å²) in [4.78, 5) is 54.4. The number of Topliss-reactive ketones (excluding diaryl/α,β-unsaturated/α-hetero) is 1. The molecule has 0 bridgehead atoms. The van der Waals surface area contributed by atoms with Crippen LogP contribution in [0.2, 0.25) is 0 Å². The number of nitrogens with one attached hydrogen (secondary N) is 4. The van der Waals surface area contributed by atoms with Gasteiger partial charge in [-0.05, 0) is 56.9 Å². The Labute approximate surface area is 216 Å². The van der Waals surface area contributed by atoms with Gasteiger partial charge in [-0.25, -0.2) is 0 Å². The molecule has 0 radical (unpaired) electrons. The third-order valence-corrected chi connectivity index (χ3v) is 7.45. The smallest absolute Gasteiger partial charge is 0.289 e. The average Bonchev–Trinajstić information content (AvgIpc) is 3.29. The Morgan fingerprint density at radius 2 is 1.69 bits per heavy atom. The maximum Gasteiger partial charge on any atom is 0.289 e. The first-order valence-electron chi connectivity index (χ1n) is 13.5. The molecule has 9 heteroatoms. The lowest BCUT2D eigenvalue weighted by Gasteiger charge is -2.37. The van der Waals surface area contributed by atoms with Crippen LogP contribution < -0.4 is 21.3 Å². The Hall–Kier alpha value is -2.58. The molecule has 1 aliphatic heterocycles. The predicted molar refractivity (Wildman–Crippen MR) is 141 cm³/mol. The van der Waals surface area contributed by atoms with Crippen molar-refractivity contribution in [3.05, 3.63) is 11.9 Å². The molecular formula is C27H47N5O4. The van der Waals surface area contributed by atoms with E-state index in [4.69, 9.17) is 0 Å². The molecule has 1 saturated heterocycles. The largest absolute Gasteiger partial charge is 0.375 e. The standard InChI is InChI=1S/C27H47N5O4/c1-8-17(3)29-25(35)22(33)19(16-18-12-10-13-18)30-24(34)20-14-11-15-32(20)26(36)23(27(4,5)6)31-21(9-2)28-7/h9,17-20,23,28,31H,8,10-16H2,1-7H3,(H,29,35)(H,30,34)/b21-9-. The maximum atomic E-state index is 13.7. The summed E-state index contributed by atoms with van der Waals surface area (Å²) in [5, 5.41) is 11.9. The molecule has 0 aromatic heterocycles. The molecule has 4 unspecified atom stereocenters. The fourth-order valence-corrected chi connectivity index (χ4v) is 4.69. The first-order chi connectivity index (χ1) is 16.9. The summed E-state index contributed by atoms with van der Waals surface area (Å²) in [6, 6.07) is -2.20. The maximum absolute atomic E-state index is 13.7. The second kappa shape index (κ2) is 13.1. The third kappa shape index (κ3) is 7.71. The topological polar surface area (TPSA) is 120 Å². The van der Waals surface area contributed by atoms with Crippen LogP contribution in [0.5, 0.6) is 0 Å². The molecule has 0 aromatic rings. The SMILES string of the molecule is C/C=C(/NC)NC(C(=O)N1CCCC1C(=O)NC(CC1CCC1)C(=O)C(=O)NC(C)CC)C(C)(C)C. The number of amides is 3. The van der Waals surface area contributed by atoms with E-state index < -0.39 is 35.2 Å². The van der Waals surface area contributed by atoms with Gasteiger partial charge in [0.25, 0.3) is 5.91 Å². The summed E-state index contributed by atoms with van der Waals surface area (Å²) in [7, 11) is 1.79. The van der Waals surface area contributed by atoms with Crippen LogP contribution in [-0.4, -0.2) is 66.2 Å². The molecule has 1 saturated carbocycles. The van der Waals surface area contributed by atoms with E-state index in [2.05, 4.69) is 21.3 Å². The zero-order valence-corrected chi connectivity index (χ0v) is 23.2. The summed E-state index contributed by atoms with van der Waals surface area (Å²) in [6.07, 6.45) is 7.37. The van der Waals surface area contributed by atoms with Gasteiger partial charge in [-0.1, -0.05) is 47.0 Å². The highest BCUT2D eigenvalue weighted by molar-refractivity contribution is 6.38. The second-order valence-corrected chi connectivity index (χ2v) is 11.3. The molecule has 2 fully saturated rings. The number of hydrogen-bond acceptors (Lipinski definition) is 6. The highest BCUT2D eigenvalue weighted by Gasteiger charge is 2.42. The number of carbonyl (C=O) groups excluding carboxylic acids is 4. The lowest BCUT2D eigenvalue weighted by Crippen LogP contribution is -2.58. The summed E-state index contributed by atoms with van der Waals surface area (Å²) < 4.78 is 0. The van der Waals surface area contributed by atoms with Crippen LogP contribution in [0.15, 0.2) is 11.9 Å². The van der Waals surface area contributed by atoms with Gasteiger partial charge in [0.2, 0.25) is 17.6 Å². The molecule has 2 rings (SSSR count). The van der Waals surface area contributed by atoms with Gasteiger partial charge >= 0.3 is 0 Å². The van der Waals surface area contributed by atoms with Crippen molar-refractivity contribution in [2.75, 3.05) is 13.6 Å². The molecule has 1 heterocycles. The first-order valence-corrected chi connectivity index (χ1v) is 13.5. The van der Waals surface area contributed by atoms with Crippen LogP contribution in [0, 0.1) is 11.3 Å². The number of allylic oxidation sites excluding steroid dienone is 1. The van der Waals surface area contributed by atoms with E-state index in [1.54, 1.807) is 11.9 Å². The van der Waals surface area contributed by atoms with Gasteiger partial charge in [-0.15, -0.1) is 0 Å². The Bertz CT molecular complexity index is 831. The Morgan fingerprint density at radius 3 is 2.19 bits per heavy atom. The van der Waals surface area contributed by atoms with Crippen molar-refractivity contribution in [3.8, 4) is 0 Å². The fourth-order valence-electron chi connectivity index (χ4n) is 4.69. The zero-order valence-electron chi connectivity index (χ0n) is 23.2. The molecule has 9 nitrogen and oxygen atoms in total. The highest BCUT2D eigenvalue weighted by atomic mass is 16.2. The van der Waals surface area contributed by atoms with Gasteiger partial charge in [-0.2, -0.15) is 0 Å². The van der Waals surface area contributed by atoms with Crippen LogP contribution in [-0.2, 0) is 19.2 Å². The molecule has 4 atom stereocenters. The fraction of sp³-hybridized carbons (Fsp3) is 0.778. The van der Waals surface area contributed by atoms with Gasteiger partial charge < -0.3 is 26.2 Å². The van der Waals surface area contributed by atoms with Crippen molar-refractivity contribution in [1.82, 2.24) is 26.2 Å². The summed E-state index contributed by atoms with van der Waals surface area (Å²) in [5.41, 5.74) is -0.400. The van der Waals surface area contributed by atoms with Crippen LogP contribution in [0.4, 0.5) is 0 Å². The average molecular weight is 506 g/mol. The van der Waals surface area contributed by atoms with Gasteiger partial charge in [0.15, 0.2) is 0 Å². The minimum Gasteiger partial charge on any atom is -0.375 e. The van der Waals surface area contributed by atoms with Crippen molar-refractivity contribution in [2.45, 2.75) is 111 Å². The van der Waals surface area contributed by atoms with Crippen molar-refractivity contribution in [2.24, 2.45) is 11.3 Å². The predicted octanol–water partition coefficient (Wildman–Crippen LogP) is 2.22. The van der Waals surface area contributed by atoms with E-state index in [0.717, 1.165) is 25.1 Å². The minimum atomic E-state index is -0.875. The zero-order chi connectivity index (χ0) is 27.0. The highest BCUT2D eigenvalue weighted by Crippen LogP contribution is 2.31. The van der Waals surface area contributed by atoms with Crippen molar-refractivity contribution in [3.63, 3.8) is 0 Å². The molecule has 36 heavy (non-hydrogen) atoms. The Morgan fingerprint density at radius 1 is 1.03 bits per heavy atom. The number of nitrogens with zero attached hydrogens (tertiary/aromatic N) is 1. The third-order valence-electron chi connectivity index (χ3n) is 7.45. The lowest BCUT2D eigenvalue weighted by molar-refractivity contribution is -0.144.